The quantitative estimate of drug-likeness (QED) is 0.506. The zero-order valence-corrected chi connectivity index (χ0v) is 15.8. The predicted octanol–water partition coefficient (Wildman–Crippen LogP) is 4.27. The maximum absolute atomic E-state index is 12.9. The van der Waals surface area contributed by atoms with E-state index in [2.05, 4.69) is 25.8 Å². The third-order valence-corrected chi connectivity index (χ3v) is 3.64. The number of hydrogen-bond donors (Lipinski definition) is 4. The first-order valence-electron chi connectivity index (χ1n) is 8.58. The van der Waals surface area contributed by atoms with E-state index >= 15 is 0 Å². The Morgan fingerprint density at radius 2 is 1.75 bits per heavy atom. The highest BCUT2D eigenvalue weighted by Crippen LogP contribution is 2.16. The summed E-state index contributed by atoms with van der Waals surface area (Å²) >= 11 is 0. The Balaban J connectivity index is 0.000000640. The molecule has 2 aromatic heterocycles. The largest absolute Gasteiger partial charge is 0.364 e. The molecule has 0 bridgehead atoms. The van der Waals surface area contributed by atoms with Crippen molar-refractivity contribution >= 4 is 23.2 Å². The molecule has 0 radical (unpaired) electrons. The summed E-state index contributed by atoms with van der Waals surface area (Å²) in [5.41, 5.74) is 2.06. The van der Waals surface area contributed by atoms with Crippen LogP contribution in [0.2, 0.25) is 0 Å². The molecular formula is C20H22FN5O2. The van der Waals surface area contributed by atoms with E-state index in [-0.39, 0.29) is 17.3 Å². The number of carbonyl (C=O) groups is 2. The maximum Gasteiger partial charge on any atom is 0.275 e. The highest BCUT2D eigenvalue weighted by Gasteiger charge is 2.17. The molecule has 146 valence electrons. The summed E-state index contributed by atoms with van der Waals surface area (Å²) in [6.07, 6.45) is 6.92. The minimum atomic E-state index is -0.500. The molecule has 0 saturated heterocycles. The number of halogens is 1. The second-order valence-electron chi connectivity index (χ2n) is 5.81. The standard InChI is InChI=1S/C16H14FN5O2.C4H8/c1-9-6-10(7-18-9)15(23)21-13-8-19-22-14(13)16(24)20-12-4-2-11(17)3-5-12;1-3-4-2/h2-8,18H,1H3,(H,19,22)(H,20,24)(H,21,23);3-4H,1-2H3/b;4-3-. The zero-order chi connectivity index (χ0) is 20.5. The topological polar surface area (TPSA) is 103 Å². The Bertz CT molecular complexity index is 953. The number of carbonyl (C=O) groups excluding carboxylic acids is 2. The summed E-state index contributed by atoms with van der Waals surface area (Å²) in [6, 6.07) is 7.03. The van der Waals surface area contributed by atoms with E-state index in [1.165, 1.54) is 30.5 Å². The Kier molecular flexibility index (Phi) is 7.27. The van der Waals surface area contributed by atoms with E-state index in [4.69, 9.17) is 0 Å². The average molecular weight is 383 g/mol. The van der Waals surface area contributed by atoms with Crippen molar-refractivity contribution in [3.63, 3.8) is 0 Å². The van der Waals surface area contributed by atoms with Gasteiger partial charge >= 0.3 is 0 Å². The molecule has 1 aromatic carbocycles. The Labute approximate surface area is 162 Å². The molecule has 8 heteroatoms. The van der Waals surface area contributed by atoms with E-state index in [9.17, 15) is 14.0 Å². The summed E-state index contributed by atoms with van der Waals surface area (Å²) < 4.78 is 12.9. The van der Waals surface area contributed by atoms with Crippen molar-refractivity contribution in [1.29, 1.82) is 0 Å². The first-order valence-corrected chi connectivity index (χ1v) is 8.58. The number of aryl methyl sites for hydroxylation is 1. The van der Waals surface area contributed by atoms with Gasteiger partial charge in [0.05, 0.1) is 17.4 Å². The van der Waals surface area contributed by atoms with Gasteiger partial charge in [-0.15, -0.1) is 0 Å². The number of anilines is 2. The summed E-state index contributed by atoms with van der Waals surface area (Å²) in [5.74, 6) is -1.26. The lowest BCUT2D eigenvalue weighted by molar-refractivity contribution is 0.102. The van der Waals surface area contributed by atoms with Gasteiger partial charge in [0, 0.05) is 17.6 Å². The van der Waals surface area contributed by atoms with Gasteiger partial charge in [0.15, 0.2) is 0 Å². The molecule has 4 N–H and O–H groups in total. The fraction of sp³-hybridized carbons (Fsp3) is 0.150. The van der Waals surface area contributed by atoms with Crippen molar-refractivity contribution in [2.24, 2.45) is 0 Å². The molecule has 7 nitrogen and oxygen atoms in total. The molecule has 2 amide bonds. The van der Waals surface area contributed by atoms with Crippen molar-refractivity contribution < 1.29 is 14.0 Å². The molecule has 0 saturated carbocycles. The van der Waals surface area contributed by atoms with Crippen LogP contribution in [0.15, 0.2) is 54.9 Å². The molecule has 2 heterocycles. The predicted molar refractivity (Wildman–Crippen MR) is 107 cm³/mol. The smallest absolute Gasteiger partial charge is 0.275 e. The van der Waals surface area contributed by atoms with E-state index in [0.717, 1.165) is 5.69 Å². The number of rotatable bonds is 4. The van der Waals surface area contributed by atoms with Crippen molar-refractivity contribution in [2.75, 3.05) is 10.6 Å². The number of benzene rings is 1. The zero-order valence-electron chi connectivity index (χ0n) is 15.8. The van der Waals surface area contributed by atoms with Crippen LogP contribution in [-0.4, -0.2) is 27.0 Å². The highest BCUT2D eigenvalue weighted by molar-refractivity contribution is 6.11. The maximum atomic E-state index is 12.9. The number of nitrogens with one attached hydrogen (secondary N) is 4. The number of aromatic amines is 2. The molecule has 0 aliphatic rings. The first kappa shape index (κ1) is 20.6. The third-order valence-electron chi connectivity index (χ3n) is 3.64. The van der Waals surface area contributed by atoms with Gasteiger partial charge in [-0.3, -0.25) is 14.7 Å². The van der Waals surface area contributed by atoms with Crippen LogP contribution in [0.5, 0.6) is 0 Å². The third kappa shape index (κ3) is 5.66. The van der Waals surface area contributed by atoms with Gasteiger partial charge in [0.1, 0.15) is 11.5 Å². The van der Waals surface area contributed by atoms with Crippen molar-refractivity contribution in [3.05, 3.63) is 77.6 Å². The van der Waals surface area contributed by atoms with Gasteiger partial charge in [-0.25, -0.2) is 4.39 Å². The number of hydrogen-bond acceptors (Lipinski definition) is 3. The molecule has 3 rings (SSSR count). The van der Waals surface area contributed by atoms with Crippen molar-refractivity contribution in [1.82, 2.24) is 15.2 Å². The molecule has 0 aliphatic heterocycles. The minimum absolute atomic E-state index is 0.0972. The molecule has 0 spiro atoms. The lowest BCUT2D eigenvalue weighted by Gasteiger charge is -2.06. The van der Waals surface area contributed by atoms with E-state index in [0.29, 0.717) is 11.3 Å². The van der Waals surface area contributed by atoms with E-state index < -0.39 is 11.7 Å². The van der Waals surface area contributed by atoms with E-state index in [1.807, 2.05) is 32.9 Å². The Hall–Kier alpha value is -3.68. The second kappa shape index (κ2) is 9.86. The SMILES string of the molecule is C/C=C\C.Cc1cc(C(=O)Nc2cn[nH]c2C(=O)Nc2ccc(F)cc2)c[nH]1. The second-order valence-corrected chi connectivity index (χ2v) is 5.81. The van der Waals surface area contributed by atoms with Crippen LogP contribution < -0.4 is 10.6 Å². The van der Waals surface area contributed by atoms with Crippen LogP contribution in [0.1, 0.15) is 40.4 Å². The monoisotopic (exact) mass is 383 g/mol. The van der Waals surface area contributed by atoms with Gasteiger partial charge in [-0.1, -0.05) is 12.2 Å². The summed E-state index contributed by atoms with van der Waals surface area (Å²) in [5, 5.41) is 11.5. The molecular weight excluding hydrogens is 361 g/mol. The fourth-order valence-corrected chi connectivity index (χ4v) is 2.11. The lowest BCUT2D eigenvalue weighted by atomic mass is 10.2. The molecule has 0 unspecified atom stereocenters. The minimum Gasteiger partial charge on any atom is -0.364 e. The molecule has 0 atom stereocenters. The normalized spacial score (nSPS) is 10.3. The summed E-state index contributed by atoms with van der Waals surface area (Å²) in [6.45, 7) is 5.83. The Morgan fingerprint density at radius 1 is 1.07 bits per heavy atom. The average Bonchev–Trinajstić information content (AvgIpc) is 3.33. The molecule has 0 fully saturated rings. The molecule has 0 aliphatic carbocycles. The van der Waals surface area contributed by atoms with Crippen molar-refractivity contribution in [2.45, 2.75) is 20.8 Å². The number of amides is 2. The van der Waals surface area contributed by atoms with Gasteiger partial charge in [0.2, 0.25) is 0 Å². The van der Waals surface area contributed by atoms with Crippen LogP contribution in [0.4, 0.5) is 15.8 Å². The number of nitrogens with zero attached hydrogens (tertiary/aromatic N) is 1. The van der Waals surface area contributed by atoms with Gasteiger partial charge in [-0.05, 0) is 51.1 Å². The Morgan fingerprint density at radius 3 is 2.32 bits per heavy atom. The van der Waals surface area contributed by atoms with Gasteiger partial charge < -0.3 is 15.6 Å². The van der Waals surface area contributed by atoms with Crippen molar-refractivity contribution in [3.8, 4) is 0 Å². The number of allylic oxidation sites excluding steroid dienone is 2. The fourth-order valence-electron chi connectivity index (χ4n) is 2.11. The van der Waals surface area contributed by atoms with Crippen LogP contribution in [0, 0.1) is 12.7 Å². The van der Waals surface area contributed by atoms with Gasteiger partial charge in [0.25, 0.3) is 11.8 Å². The first-order chi connectivity index (χ1) is 13.4. The van der Waals surface area contributed by atoms with Crippen LogP contribution in [0.25, 0.3) is 0 Å². The summed E-state index contributed by atoms with van der Waals surface area (Å²) in [7, 11) is 0. The van der Waals surface area contributed by atoms with Gasteiger partial charge in [-0.2, -0.15) is 5.10 Å². The lowest BCUT2D eigenvalue weighted by Crippen LogP contribution is -2.17. The van der Waals surface area contributed by atoms with E-state index in [1.54, 1.807) is 12.3 Å². The van der Waals surface area contributed by atoms with Crippen LogP contribution >= 0.6 is 0 Å². The highest BCUT2D eigenvalue weighted by atomic mass is 19.1. The summed E-state index contributed by atoms with van der Waals surface area (Å²) in [4.78, 5) is 27.3. The molecule has 3 aromatic rings. The molecule has 28 heavy (non-hydrogen) atoms. The number of aromatic nitrogens is 3. The van der Waals surface area contributed by atoms with Crippen LogP contribution in [0.3, 0.4) is 0 Å². The van der Waals surface area contributed by atoms with Crippen LogP contribution in [-0.2, 0) is 0 Å². The number of H-pyrrole nitrogens is 2.